The molecule has 2 aromatic rings. The number of ether oxygens (including phenoxy) is 1. The summed E-state index contributed by atoms with van der Waals surface area (Å²) in [7, 11) is 3.83. The number of nitrogens with zero attached hydrogens (tertiary/aromatic N) is 4. The zero-order valence-corrected chi connectivity index (χ0v) is 14.6. The smallest absolute Gasteiger partial charge is 0.254 e. The Balaban J connectivity index is 1.79. The summed E-state index contributed by atoms with van der Waals surface area (Å²) in [5.41, 5.74) is 1.22. The van der Waals surface area contributed by atoms with Crippen molar-refractivity contribution < 1.29 is 13.9 Å². The molecular formula is C18H21FN4O2. The van der Waals surface area contributed by atoms with Gasteiger partial charge in [-0.15, -0.1) is 0 Å². The molecule has 7 heteroatoms. The van der Waals surface area contributed by atoms with E-state index in [1.807, 2.05) is 32.0 Å². The van der Waals surface area contributed by atoms with Gasteiger partial charge in [0.1, 0.15) is 23.6 Å². The van der Waals surface area contributed by atoms with Crippen LogP contribution in [0.2, 0.25) is 0 Å². The lowest BCUT2D eigenvalue weighted by Gasteiger charge is -2.33. The SMILES string of the molecule is Cc1nc([C@H]2CN(C(=O)c3ccc(F)cc3)CCO2)cc(N(C)C)n1. The van der Waals surface area contributed by atoms with Crippen LogP contribution < -0.4 is 4.90 Å². The number of hydrogen-bond donors (Lipinski definition) is 0. The summed E-state index contributed by atoms with van der Waals surface area (Å²) < 4.78 is 18.9. The Morgan fingerprint density at radius 3 is 2.68 bits per heavy atom. The van der Waals surface area contributed by atoms with Crippen molar-refractivity contribution in [3.05, 3.63) is 53.2 Å². The van der Waals surface area contributed by atoms with Crippen molar-refractivity contribution >= 4 is 11.7 Å². The fourth-order valence-electron chi connectivity index (χ4n) is 2.76. The number of rotatable bonds is 3. The molecular weight excluding hydrogens is 323 g/mol. The van der Waals surface area contributed by atoms with Crippen LogP contribution in [-0.4, -0.2) is 54.6 Å². The van der Waals surface area contributed by atoms with E-state index in [1.54, 1.807) is 4.90 Å². The fourth-order valence-corrected chi connectivity index (χ4v) is 2.76. The topological polar surface area (TPSA) is 58.6 Å². The summed E-state index contributed by atoms with van der Waals surface area (Å²) in [6.07, 6.45) is -0.307. The minimum absolute atomic E-state index is 0.132. The monoisotopic (exact) mass is 344 g/mol. The second kappa shape index (κ2) is 7.14. The van der Waals surface area contributed by atoms with Crippen LogP contribution >= 0.6 is 0 Å². The van der Waals surface area contributed by atoms with Gasteiger partial charge >= 0.3 is 0 Å². The van der Waals surface area contributed by atoms with Gasteiger partial charge < -0.3 is 14.5 Å². The van der Waals surface area contributed by atoms with Gasteiger partial charge in [-0.3, -0.25) is 4.79 Å². The molecule has 1 atom stereocenters. The van der Waals surface area contributed by atoms with Crippen LogP contribution in [0, 0.1) is 12.7 Å². The van der Waals surface area contributed by atoms with E-state index in [4.69, 9.17) is 4.74 Å². The molecule has 0 radical (unpaired) electrons. The maximum Gasteiger partial charge on any atom is 0.254 e. The predicted octanol–water partition coefficient (Wildman–Crippen LogP) is 2.20. The number of halogens is 1. The molecule has 0 unspecified atom stereocenters. The third kappa shape index (κ3) is 3.93. The van der Waals surface area contributed by atoms with Crippen LogP contribution in [0.5, 0.6) is 0 Å². The summed E-state index contributed by atoms with van der Waals surface area (Å²) in [5, 5.41) is 0. The Hall–Kier alpha value is -2.54. The number of hydrogen-bond acceptors (Lipinski definition) is 5. The van der Waals surface area contributed by atoms with E-state index in [0.717, 1.165) is 11.5 Å². The standard InChI is InChI=1S/C18H21FN4O2/c1-12-20-15(10-17(21-12)22(2)3)16-11-23(8-9-25-16)18(24)13-4-6-14(19)7-5-13/h4-7,10,16H,8-9,11H2,1-3H3/t16-/m1/s1. The van der Waals surface area contributed by atoms with Gasteiger partial charge in [0, 0.05) is 32.3 Å². The second-order valence-electron chi connectivity index (χ2n) is 6.21. The summed E-state index contributed by atoms with van der Waals surface area (Å²) in [4.78, 5) is 25.1. The number of aryl methyl sites for hydroxylation is 1. The number of morpholine rings is 1. The molecule has 0 spiro atoms. The Bertz CT molecular complexity index is 764. The van der Waals surface area contributed by atoms with Gasteiger partial charge in [-0.1, -0.05) is 0 Å². The van der Waals surface area contributed by atoms with Crippen LogP contribution in [0.15, 0.2) is 30.3 Å². The number of anilines is 1. The van der Waals surface area contributed by atoms with E-state index in [-0.39, 0.29) is 17.8 Å². The average molecular weight is 344 g/mol. The number of carbonyl (C=O) groups excluding carboxylic acids is 1. The summed E-state index contributed by atoms with van der Waals surface area (Å²) in [5.74, 6) is 0.968. The molecule has 132 valence electrons. The highest BCUT2D eigenvalue weighted by molar-refractivity contribution is 5.94. The fraction of sp³-hybridized carbons (Fsp3) is 0.389. The maximum atomic E-state index is 13.1. The molecule has 1 aliphatic rings. The van der Waals surface area contributed by atoms with Gasteiger partial charge in [0.05, 0.1) is 18.8 Å². The molecule has 3 rings (SSSR count). The minimum Gasteiger partial charge on any atom is -0.368 e. The Morgan fingerprint density at radius 1 is 1.28 bits per heavy atom. The average Bonchev–Trinajstić information content (AvgIpc) is 2.61. The Labute approximate surface area is 146 Å². The first kappa shape index (κ1) is 17.3. The van der Waals surface area contributed by atoms with Gasteiger partial charge in [-0.05, 0) is 31.2 Å². The number of amides is 1. The Morgan fingerprint density at radius 2 is 2.00 bits per heavy atom. The maximum absolute atomic E-state index is 13.1. The zero-order chi connectivity index (χ0) is 18.0. The highest BCUT2D eigenvalue weighted by Crippen LogP contribution is 2.24. The van der Waals surface area contributed by atoms with E-state index in [1.165, 1.54) is 24.3 Å². The molecule has 0 saturated carbocycles. The van der Waals surface area contributed by atoms with Gasteiger partial charge in [0.2, 0.25) is 0 Å². The molecule has 2 heterocycles. The van der Waals surface area contributed by atoms with Crippen LogP contribution in [0.1, 0.15) is 28.0 Å². The van der Waals surface area contributed by atoms with Crippen molar-refractivity contribution in [1.29, 1.82) is 0 Å². The van der Waals surface area contributed by atoms with Crippen LogP contribution in [0.3, 0.4) is 0 Å². The normalized spacial score (nSPS) is 17.4. The minimum atomic E-state index is -0.357. The molecule has 1 aromatic carbocycles. The zero-order valence-electron chi connectivity index (χ0n) is 14.6. The van der Waals surface area contributed by atoms with E-state index in [0.29, 0.717) is 31.1 Å². The molecule has 0 aliphatic carbocycles. The van der Waals surface area contributed by atoms with Gasteiger partial charge in [-0.25, -0.2) is 14.4 Å². The molecule has 1 amide bonds. The molecule has 1 aromatic heterocycles. The lowest BCUT2D eigenvalue weighted by molar-refractivity contribution is -0.0248. The van der Waals surface area contributed by atoms with E-state index >= 15 is 0 Å². The first-order chi connectivity index (χ1) is 11.9. The van der Waals surface area contributed by atoms with Crippen LogP contribution in [-0.2, 0) is 4.74 Å². The molecule has 6 nitrogen and oxygen atoms in total. The first-order valence-electron chi connectivity index (χ1n) is 8.13. The van der Waals surface area contributed by atoms with E-state index in [9.17, 15) is 9.18 Å². The molecule has 0 bridgehead atoms. The predicted molar refractivity (Wildman–Crippen MR) is 92.1 cm³/mol. The molecule has 0 N–H and O–H groups in total. The molecule has 1 saturated heterocycles. The first-order valence-corrected chi connectivity index (χ1v) is 8.13. The van der Waals surface area contributed by atoms with Crippen molar-refractivity contribution in [3.8, 4) is 0 Å². The number of aromatic nitrogens is 2. The summed E-state index contributed by atoms with van der Waals surface area (Å²) in [6.45, 7) is 3.16. The van der Waals surface area contributed by atoms with Gasteiger partial charge in [0.15, 0.2) is 0 Å². The molecule has 1 aliphatic heterocycles. The lowest BCUT2D eigenvalue weighted by atomic mass is 10.1. The molecule has 25 heavy (non-hydrogen) atoms. The van der Waals surface area contributed by atoms with Gasteiger partial charge in [-0.2, -0.15) is 0 Å². The van der Waals surface area contributed by atoms with E-state index < -0.39 is 0 Å². The number of benzene rings is 1. The largest absolute Gasteiger partial charge is 0.368 e. The van der Waals surface area contributed by atoms with Crippen molar-refractivity contribution in [3.63, 3.8) is 0 Å². The van der Waals surface area contributed by atoms with Crippen molar-refractivity contribution in [2.24, 2.45) is 0 Å². The third-order valence-corrected chi connectivity index (χ3v) is 4.08. The van der Waals surface area contributed by atoms with Crippen LogP contribution in [0.4, 0.5) is 10.2 Å². The third-order valence-electron chi connectivity index (χ3n) is 4.08. The van der Waals surface area contributed by atoms with Crippen molar-refractivity contribution in [2.75, 3.05) is 38.7 Å². The highest BCUT2D eigenvalue weighted by Gasteiger charge is 2.27. The van der Waals surface area contributed by atoms with Gasteiger partial charge in [0.25, 0.3) is 5.91 Å². The second-order valence-corrected chi connectivity index (χ2v) is 6.21. The Kier molecular flexibility index (Phi) is 4.94. The van der Waals surface area contributed by atoms with Crippen molar-refractivity contribution in [2.45, 2.75) is 13.0 Å². The van der Waals surface area contributed by atoms with E-state index in [2.05, 4.69) is 9.97 Å². The quantitative estimate of drug-likeness (QED) is 0.854. The lowest BCUT2D eigenvalue weighted by Crippen LogP contribution is -2.42. The van der Waals surface area contributed by atoms with Crippen molar-refractivity contribution in [1.82, 2.24) is 14.9 Å². The number of carbonyl (C=O) groups is 1. The summed E-state index contributed by atoms with van der Waals surface area (Å²) >= 11 is 0. The molecule has 1 fully saturated rings. The highest BCUT2D eigenvalue weighted by atomic mass is 19.1. The summed E-state index contributed by atoms with van der Waals surface area (Å²) in [6, 6.07) is 7.47. The van der Waals surface area contributed by atoms with Crippen LogP contribution in [0.25, 0.3) is 0 Å².